The molecule has 1 aromatic carbocycles. The lowest BCUT2D eigenvalue weighted by Gasteiger charge is -2.10. The number of thiophene rings is 1. The van der Waals surface area contributed by atoms with Crippen LogP contribution in [-0.4, -0.2) is 44.6 Å². The molecule has 0 atom stereocenters. The molecule has 0 fully saturated rings. The van der Waals surface area contributed by atoms with Crippen LogP contribution in [-0.2, 0) is 11.3 Å². The third-order valence-corrected chi connectivity index (χ3v) is 6.91. The van der Waals surface area contributed by atoms with Crippen molar-refractivity contribution in [3.05, 3.63) is 70.9 Å². The number of ether oxygens (including phenoxy) is 1. The van der Waals surface area contributed by atoms with Crippen LogP contribution in [0.4, 0.5) is 0 Å². The number of thioether (sulfide) groups is 1. The van der Waals surface area contributed by atoms with Crippen LogP contribution < -0.4 is 0 Å². The van der Waals surface area contributed by atoms with Crippen LogP contribution in [0.2, 0.25) is 0 Å². The van der Waals surface area contributed by atoms with Crippen molar-refractivity contribution >= 4 is 28.9 Å². The van der Waals surface area contributed by atoms with E-state index < -0.39 is 0 Å². The molecule has 3 aromatic heterocycles. The van der Waals surface area contributed by atoms with Gasteiger partial charge in [-0.2, -0.15) is 0 Å². The Hall–Kier alpha value is -2.68. The highest BCUT2D eigenvalue weighted by atomic mass is 32.2. The summed E-state index contributed by atoms with van der Waals surface area (Å²) < 4.78 is 9.34. The van der Waals surface area contributed by atoms with Crippen LogP contribution in [0.5, 0.6) is 0 Å². The topological polar surface area (TPSA) is 61.9 Å². The fraction of sp³-hybridized carbons (Fsp3) is 0.261. The number of hydrogen-bond acceptors (Lipinski definition) is 6. The van der Waals surface area contributed by atoms with Gasteiger partial charge in [-0.1, -0.05) is 36.0 Å². The number of benzene rings is 1. The summed E-state index contributed by atoms with van der Waals surface area (Å²) in [5.74, 6) is 1.17. The molecule has 4 aromatic rings. The average molecular weight is 453 g/mol. The summed E-state index contributed by atoms with van der Waals surface area (Å²) >= 11 is 3.03. The van der Waals surface area contributed by atoms with Gasteiger partial charge in [-0.05, 0) is 43.5 Å². The summed E-state index contributed by atoms with van der Waals surface area (Å²) in [5, 5.41) is 11.6. The van der Waals surface area contributed by atoms with Gasteiger partial charge in [0, 0.05) is 36.3 Å². The van der Waals surface area contributed by atoms with Crippen LogP contribution in [0.25, 0.3) is 16.4 Å². The molecule has 0 spiro atoms. The average Bonchev–Trinajstić information content (AvgIpc) is 3.51. The van der Waals surface area contributed by atoms with E-state index in [2.05, 4.69) is 14.8 Å². The molecule has 4 rings (SSSR count). The zero-order valence-corrected chi connectivity index (χ0v) is 19.4. The summed E-state index contributed by atoms with van der Waals surface area (Å²) in [4.78, 5) is 14.1. The highest BCUT2D eigenvalue weighted by molar-refractivity contribution is 7.99. The summed E-state index contributed by atoms with van der Waals surface area (Å²) in [6.07, 6.45) is 0. The minimum absolute atomic E-state index is 0.0852. The summed E-state index contributed by atoms with van der Waals surface area (Å²) in [6, 6.07) is 16.0. The second-order valence-corrected chi connectivity index (χ2v) is 8.99. The third kappa shape index (κ3) is 4.51. The molecule has 0 radical (unpaired) electrons. The molecule has 0 N–H and O–H groups in total. The number of hydrogen-bond donors (Lipinski definition) is 0. The van der Waals surface area contributed by atoms with E-state index >= 15 is 0 Å². The Balaban J connectivity index is 1.59. The first-order valence-electron chi connectivity index (χ1n) is 9.96. The van der Waals surface area contributed by atoms with Gasteiger partial charge in [0.2, 0.25) is 0 Å². The van der Waals surface area contributed by atoms with Crippen molar-refractivity contribution in [3.8, 4) is 16.4 Å². The molecule has 0 unspecified atom stereocenters. The first-order chi connectivity index (χ1) is 15.1. The maximum atomic E-state index is 13.0. The van der Waals surface area contributed by atoms with Gasteiger partial charge in [0.15, 0.2) is 16.8 Å². The van der Waals surface area contributed by atoms with Gasteiger partial charge >= 0.3 is 0 Å². The van der Waals surface area contributed by atoms with Gasteiger partial charge in [-0.25, -0.2) is 0 Å². The lowest BCUT2D eigenvalue weighted by atomic mass is 10.2. The van der Waals surface area contributed by atoms with Gasteiger partial charge in [0.05, 0.1) is 17.2 Å². The Morgan fingerprint density at radius 3 is 2.65 bits per heavy atom. The van der Waals surface area contributed by atoms with E-state index in [-0.39, 0.29) is 5.78 Å². The zero-order chi connectivity index (χ0) is 21.8. The van der Waals surface area contributed by atoms with E-state index in [0.717, 1.165) is 39.9 Å². The Morgan fingerprint density at radius 1 is 1.13 bits per heavy atom. The Bertz CT molecular complexity index is 1160. The second kappa shape index (κ2) is 9.64. The molecule has 0 bridgehead atoms. The molecule has 0 aliphatic carbocycles. The van der Waals surface area contributed by atoms with Crippen LogP contribution >= 0.6 is 23.1 Å². The van der Waals surface area contributed by atoms with Gasteiger partial charge in [0.1, 0.15) is 0 Å². The second-order valence-electron chi connectivity index (χ2n) is 7.10. The molecule has 0 aliphatic heterocycles. The van der Waals surface area contributed by atoms with Crippen molar-refractivity contribution in [3.63, 3.8) is 0 Å². The van der Waals surface area contributed by atoms with Crippen molar-refractivity contribution in [1.29, 1.82) is 0 Å². The first kappa shape index (κ1) is 21.5. The van der Waals surface area contributed by atoms with E-state index in [9.17, 15) is 4.79 Å². The number of methoxy groups -OCH3 is 1. The molecule has 3 heterocycles. The van der Waals surface area contributed by atoms with Crippen molar-refractivity contribution in [2.45, 2.75) is 25.5 Å². The number of aryl methyl sites for hydroxylation is 1. The van der Waals surface area contributed by atoms with Crippen molar-refractivity contribution in [2.75, 3.05) is 19.5 Å². The van der Waals surface area contributed by atoms with E-state index in [0.29, 0.717) is 17.5 Å². The van der Waals surface area contributed by atoms with Crippen LogP contribution in [0.1, 0.15) is 21.7 Å². The number of carbonyl (C=O) groups excluding carboxylic acids is 1. The fourth-order valence-electron chi connectivity index (χ4n) is 3.56. The highest BCUT2D eigenvalue weighted by Crippen LogP contribution is 2.31. The third-order valence-electron chi connectivity index (χ3n) is 5.11. The van der Waals surface area contributed by atoms with E-state index in [1.807, 2.05) is 72.3 Å². The molecule has 0 saturated carbocycles. The SMILES string of the molecule is COCCn1c(C)cc(C(=O)CSc2nnc(-c3cccs3)n2-c2ccccc2)c1C. The van der Waals surface area contributed by atoms with Crippen molar-refractivity contribution in [2.24, 2.45) is 0 Å². The molecule has 31 heavy (non-hydrogen) atoms. The molecular formula is C23H24N4O2S2. The van der Waals surface area contributed by atoms with E-state index in [1.165, 1.54) is 11.8 Å². The number of ketones is 1. The molecular weight excluding hydrogens is 428 g/mol. The largest absolute Gasteiger partial charge is 0.383 e. The van der Waals surface area contributed by atoms with Gasteiger partial charge in [0.25, 0.3) is 0 Å². The minimum atomic E-state index is 0.0852. The van der Waals surface area contributed by atoms with Crippen LogP contribution in [0.15, 0.2) is 59.1 Å². The monoisotopic (exact) mass is 452 g/mol. The fourth-order valence-corrected chi connectivity index (χ4v) is 5.09. The lowest BCUT2D eigenvalue weighted by Crippen LogP contribution is -2.10. The first-order valence-corrected chi connectivity index (χ1v) is 11.8. The Kier molecular flexibility index (Phi) is 6.70. The summed E-state index contributed by atoms with van der Waals surface area (Å²) in [7, 11) is 1.68. The molecule has 160 valence electrons. The van der Waals surface area contributed by atoms with Gasteiger partial charge in [-0.3, -0.25) is 9.36 Å². The molecule has 0 amide bonds. The normalized spacial score (nSPS) is 11.2. The molecule has 8 heteroatoms. The van der Waals surface area contributed by atoms with Crippen LogP contribution in [0.3, 0.4) is 0 Å². The maximum absolute atomic E-state index is 13.0. The summed E-state index contributed by atoms with van der Waals surface area (Å²) in [5.41, 5.74) is 3.77. The van der Waals surface area contributed by atoms with Gasteiger partial charge in [-0.15, -0.1) is 21.5 Å². The molecule has 0 saturated heterocycles. The summed E-state index contributed by atoms with van der Waals surface area (Å²) in [6.45, 7) is 5.36. The minimum Gasteiger partial charge on any atom is -0.383 e. The van der Waals surface area contributed by atoms with Crippen LogP contribution in [0, 0.1) is 13.8 Å². The standard InChI is InChI=1S/C23H24N4O2S2/c1-16-14-19(17(2)26(16)11-12-29-3)20(28)15-31-23-25-24-22(21-10-7-13-30-21)27(23)18-8-5-4-6-9-18/h4-10,13-14H,11-12,15H2,1-3H3. The smallest absolute Gasteiger partial charge is 0.196 e. The van der Waals surface area contributed by atoms with Crippen molar-refractivity contribution in [1.82, 2.24) is 19.3 Å². The highest BCUT2D eigenvalue weighted by Gasteiger charge is 2.20. The Labute approximate surface area is 189 Å². The lowest BCUT2D eigenvalue weighted by molar-refractivity contribution is 0.102. The maximum Gasteiger partial charge on any atom is 0.196 e. The van der Waals surface area contributed by atoms with E-state index in [4.69, 9.17) is 4.74 Å². The predicted molar refractivity (Wildman–Crippen MR) is 126 cm³/mol. The number of nitrogens with zero attached hydrogens (tertiary/aromatic N) is 4. The van der Waals surface area contributed by atoms with Crippen molar-refractivity contribution < 1.29 is 9.53 Å². The number of Topliss-reactive ketones (excluding diaryl/α,β-unsaturated/α-hetero) is 1. The Morgan fingerprint density at radius 2 is 1.94 bits per heavy atom. The predicted octanol–water partition coefficient (Wildman–Crippen LogP) is 5.04. The molecule has 6 nitrogen and oxygen atoms in total. The number of para-hydroxylation sites is 1. The number of rotatable bonds is 9. The van der Waals surface area contributed by atoms with Gasteiger partial charge < -0.3 is 9.30 Å². The number of carbonyl (C=O) groups is 1. The quantitative estimate of drug-likeness (QED) is 0.263. The zero-order valence-electron chi connectivity index (χ0n) is 17.7. The number of aromatic nitrogens is 4. The van der Waals surface area contributed by atoms with E-state index in [1.54, 1.807) is 18.4 Å². The molecule has 0 aliphatic rings.